The Balaban J connectivity index is 1.83. The van der Waals surface area contributed by atoms with Crippen LogP contribution in [0.3, 0.4) is 0 Å². The summed E-state index contributed by atoms with van der Waals surface area (Å²) in [4.78, 5) is 4.16. The van der Waals surface area contributed by atoms with Gasteiger partial charge in [0.25, 0.3) is 0 Å². The summed E-state index contributed by atoms with van der Waals surface area (Å²) in [5.74, 6) is 0.724. The van der Waals surface area contributed by atoms with Crippen molar-refractivity contribution in [2.45, 2.75) is 25.4 Å². The maximum absolute atomic E-state index is 13.7. The molecular formula is C13H12BrFN2O. The third kappa shape index (κ3) is 2.47. The van der Waals surface area contributed by atoms with Crippen LogP contribution < -0.4 is 5.32 Å². The summed E-state index contributed by atoms with van der Waals surface area (Å²) in [5.41, 5.74) is 0.419. The quantitative estimate of drug-likeness (QED) is 0.939. The normalized spacial score (nSPS) is 15.0. The van der Waals surface area contributed by atoms with E-state index in [0.717, 1.165) is 0 Å². The Morgan fingerprint density at radius 3 is 3.00 bits per heavy atom. The molecule has 1 aromatic heterocycles. The number of hydrogen-bond acceptors (Lipinski definition) is 3. The highest BCUT2D eigenvalue weighted by atomic mass is 79.9. The van der Waals surface area contributed by atoms with Crippen LogP contribution in [0, 0.1) is 5.82 Å². The smallest absolute Gasteiger partial charge is 0.208 e. The zero-order valence-corrected chi connectivity index (χ0v) is 11.2. The van der Waals surface area contributed by atoms with Crippen LogP contribution in [0.15, 0.2) is 33.3 Å². The average Bonchev–Trinajstić information content (AvgIpc) is 3.06. The Morgan fingerprint density at radius 2 is 2.28 bits per heavy atom. The average molecular weight is 311 g/mol. The number of oxazole rings is 1. The third-order valence-electron chi connectivity index (χ3n) is 2.88. The van der Waals surface area contributed by atoms with Crippen LogP contribution in [0.2, 0.25) is 0 Å². The number of aromatic nitrogens is 1. The van der Waals surface area contributed by atoms with Crippen LogP contribution in [0.25, 0.3) is 11.3 Å². The molecule has 1 heterocycles. The lowest BCUT2D eigenvalue weighted by molar-refractivity contribution is 0.474. The van der Waals surface area contributed by atoms with E-state index in [1.165, 1.54) is 18.9 Å². The summed E-state index contributed by atoms with van der Waals surface area (Å²) < 4.78 is 20.0. The Labute approximate surface area is 113 Å². The van der Waals surface area contributed by atoms with Gasteiger partial charge in [0, 0.05) is 10.5 Å². The fraction of sp³-hybridized carbons (Fsp3) is 0.308. The highest BCUT2D eigenvalue weighted by molar-refractivity contribution is 9.10. The van der Waals surface area contributed by atoms with Gasteiger partial charge in [0.05, 0.1) is 18.3 Å². The Kier molecular flexibility index (Phi) is 3.18. The van der Waals surface area contributed by atoms with E-state index < -0.39 is 0 Å². The highest BCUT2D eigenvalue weighted by Crippen LogP contribution is 2.31. The summed E-state index contributed by atoms with van der Waals surface area (Å²) in [7, 11) is 0. The van der Waals surface area contributed by atoms with Crippen molar-refractivity contribution in [2.75, 3.05) is 0 Å². The first kappa shape index (κ1) is 11.9. The molecule has 0 unspecified atom stereocenters. The van der Waals surface area contributed by atoms with Gasteiger partial charge in [-0.05, 0) is 40.9 Å². The van der Waals surface area contributed by atoms with E-state index in [9.17, 15) is 4.39 Å². The lowest BCUT2D eigenvalue weighted by Crippen LogP contribution is -2.15. The van der Waals surface area contributed by atoms with E-state index in [0.29, 0.717) is 34.3 Å². The second-order valence-electron chi connectivity index (χ2n) is 4.37. The first-order valence-electron chi connectivity index (χ1n) is 5.86. The second kappa shape index (κ2) is 4.82. The van der Waals surface area contributed by atoms with Crippen LogP contribution in [-0.4, -0.2) is 11.0 Å². The maximum atomic E-state index is 13.7. The van der Waals surface area contributed by atoms with Crippen molar-refractivity contribution in [3.8, 4) is 11.3 Å². The zero-order chi connectivity index (χ0) is 12.5. The molecule has 0 saturated heterocycles. The van der Waals surface area contributed by atoms with Crippen LogP contribution in [0.5, 0.6) is 0 Å². The summed E-state index contributed by atoms with van der Waals surface area (Å²) in [6.45, 7) is 0.594. The van der Waals surface area contributed by atoms with Crippen molar-refractivity contribution in [3.05, 3.63) is 40.6 Å². The van der Waals surface area contributed by atoms with Gasteiger partial charge in [0.2, 0.25) is 5.89 Å². The van der Waals surface area contributed by atoms with E-state index in [1.54, 1.807) is 18.3 Å². The van der Waals surface area contributed by atoms with Crippen molar-refractivity contribution < 1.29 is 8.81 Å². The molecule has 0 amide bonds. The molecule has 1 fully saturated rings. The molecule has 1 saturated carbocycles. The largest absolute Gasteiger partial charge is 0.439 e. The molecule has 1 aliphatic rings. The van der Waals surface area contributed by atoms with E-state index in [4.69, 9.17) is 4.42 Å². The van der Waals surface area contributed by atoms with Gasteiger partial charge < -0.3 is 9.73 Å². The zero-order valence-electron chi connectivity index (χ0n) is 9.62. The van der Waals surface area contributed by atoms with Gasteiger partial charge in [-0.25, -0.2) is 9.37 Å². The number of rotatable bonds is 4. The van der Waals surface area contributed by atoms with Crippen LogP contribution >= 0.6 is 15.9 Å². The van der Waals surface area contributed by atoms with Gasteiger partial charge in [-0.2, -0.15) is 0 Å². The molecule has 5 heteroatoms. The molecule has 0 radical (unpaired) electrons. The number of halogens is 2. The summed E-state index contributed by atoms with van der Waals surface area (Å²) >= 11 is 3.32. The molecule has 1 aliphatic carbocycles. The minimum atomic E-state index is -0.317. The van der Waals surface area contributed by atoms with Crippen LogP contribution in [0.4, 0.5) is 4.39 Å². The summed E-state index contributed by atoms with van der Waals surface area (Å²) in [5, 5.41) is 3.31. The van der Waals surface area contributed by atoms with Crippen molar-refractivity contribution in [3.63, 3.8) is 0 Å². The topological polar surface area (TPSA) is 38.1 Å². The predicted octanol–water partition coefficient (Wildman–Crippen LogP) is 3.50. The van der Waals surface area contributed by atoms with Gasteiger partial charge in [0.1, 0.15) is 5.82 Å². The van der Waals surface area contributed by atoms with Gasteiger partial charge >= 0.3 is 0 Å². The molecule has 1 N–H and O–H groups in total. The third-order valence-corrected chi connectivity index (χ3v) is 3.54. The molecule has 3 nitrogen and oxygen atoms in total. The molecule has 94 valence electrons. The van der Waals surface area contributed by atoms with E-state index in [-0.39, 0.29) is 5.82 Å². The van der Waals surface area contributed by atoms with Gasteiger partial charge in [-0.15, -0.1) is 0 Å². The van der Waals surface area contributed by atoms with Crippen molar-refractivity contribution in [1.29, 1.82) is 0 Å². The Bertz CT molecular complexity index is 546. The fourth-order valence-corrected chi connectivity index (χ4v) is 2.30. The van der Waals surface area contributed by atoms with Crippen LogP contribution in [-0.2, 0) is 6.54 Å². The molecule has 1 aromatic carbocycles. The highest BCUT2D eigenvalue weighted by Gasteiger charge is 2.21. The van der Waals surface area contributed by atoms with E-state index >= 15 is 0 Å². The number of nitrogens with zero attached hydrogens (tertiary/aromatic N) is 1. The number of nitrogens with one attached hydrogen (secondary N) is 1. The molecule has 3 rings (SSSR count). The lowest BCUT2D eigenvalue weighted by Gasteiger charge is -2.02. The minimum Gasteiger partial charge on any atom is -0.439 e. The molecule has 0 bridgehead atoms. The first-order valence-corrected chi connectivity index (χ1v) is 6.66. The Hall–Kier alpha value is -1.20. The van der Waals surface area contributed by atoms with Crippen LogP contribution in [0.1, 0.15) is 18.7 Å². The van der Waals surface area contributed by atoms with Gasteiger partial charge in [0.15, 0.2) is 5.76 Å². The van der Waals surface area contributed by atoms with Gasteiger partial charge in [-0.3, -0.25) is 0 Å². The summed E-state index contributed by atoms with van der Waals surface area (Å²) in [6.07, 6.45) is 3.99. The molecule has 0 spiro atoms. The minimum absolute atomic E-state index is 0.317. The van der Waals surface area contributed by atoms with Crippen molar-refractivity contribution in [2.24, 2.45) is 0 Å². The fourth-order valence-electron chi connectivity index (χ4n) is 1.76. The number of hydrogen-bond donors (Lipinski definition) is 1. The standard InChI is InChI=1S/C13H12BrFN2O/c14-9-2-1-3-10(15)13(9)11-6-17-12(18-11)7-16-8-4-5-8/h1-3,6,8,16H,4-5,7H2. The molecular weight excluding hydrogens is 299 g/mol. The molecule has 0 atom stereocenters. The van der Waals surface area contributed by atoms with Crippen molar-refractivity contribution >= 4 is 15.9 Å². The number of benzene rings is 1. The molecule has 2 aromatic rings. The lowest BCUT2D eigenvalue weighted by atomic mass is 10.2. The predicted molar refractivity (Wildman–Crippen MR) is 69.5 cm³/mol. The maximum Gasteiger partial charge on any atom is 0.208 e. The Morgan fingerprint density at radius 1 is 1.44 bits per heavy atom. The van der Waals surface area contributed by atoms with E-state index in [2.05, 4.69) is 26.2 Å². The summed E-state index contributed by atoms with van der Waals surface area (Å²) in [6, 6.07) is 5.43. The molecule has 18 heavy (non-hydrogen) atoms. The second-order valence-corrected chi connectivity index (χ2v) is 5.22. The SMILES string of the molecule is Fc1cccc(Br)c1-c1cnc(CNC2CC2)o1. The first-order chi connectivity index (χ1) is 8.74. The van der Waals surface area contributed by atoms with Gasteiger partial charge in [-0.1, -0.05) is 6.07 Å². The molecule has 0 aliphatic heterocycles. The monoisotopic (exact) mass is 310 g/mol. The van der Waals surface area contributed by atoms with E-state index in [1.807, 2.05) is 0 Å². The van der Waals surface area contributed by atoms with Crippen molar-refractivity contribution in [1.82, 2.24) is 10.3 Å².